The minimum atomic E-state index is -1.50. The van der Waals surface area contributed by atoms with E-state index in [2.05, 4.69) is 10.0 Å². The summed E-state index contributed by atoms with van der Waals surface area (Å²) in [4.78, 5) is 12.6. The van der Waals surface area contributed by atoms with E-state index in [4.69, 9.17) is 20.1 Å². The second-order valence-corrected chi connectivity index (χ2v) is 4.77. The van der Waals surface area contributed by atoms with Gasteiger partial charge in [-0.3, -0.25) is 10.1 Å². The molecule has 1 aromatic carbocycles. The Labute approximate surface area is 129 Å². The van der Waals surface area contributed by atoms with Crippen LogP contribution < -0.4 is 4.74 Å². The smallest absolute Gasteiger partial charge is 0.269 e. The number of aliphatic hydroxyl groups is 3. The minimum absolute atomic E-state index is 0.141. The summed E-state index contributed by atoms with van der Waals surface area (Å²) in [7, 11) is 0. The predicted octanol–water partition coefficient (Wildman–Crippen LogP) is 0.0915. The molecule has 1 aromatic rings. The van der Waals surface area contributed by atoms with Gasteiger partial charge in [0.2, 0.25) is 6.29 Å². The zero-order valence-electron chi connectivity index (χ0n) is 11.7. The summed E-state index contributed by atoms with van der Waals surface area (Å²) in [5, 5.41) is 42.8. The molecule has 3 N–H and O–H groups in total. The normalized spacial score (nSPS) is 30.3. The summed E-state index contributed by atoms with van der Waals surface area (Å²) in [5.41, 5.74) is 8.42. The number of azide groups is 1. The van der Waals surface area contributed by atoms with Crippen LogP contribution in [0.4, 0.5) is 5.69 Å². The molecule has 11 heteroatoms. The third-order valence-electron chi connectivity index (χ3n) is 3.33. The maximum absolute atomic E-state index is 10.6. The number of nitrogens with zero attached hydrogens (tertiary/aromatic N) is 4. The molecule has 1 fully saturated rings. The topological polar surface area (TPSA) is 171 Å². The van der Waals surface area contributed by atoms with Crippen molar-refractivity contribution in [2.24, 2.45) is 5.11 Å². The molecule has 5 atom stereocenters. The number of ether oxygens (including phenoxy) is 2. The summed E-state index contributed by atoms with van der Waals surface area (Å²) < 4.78 is 10.7. The molecule has 1 aliphatic heterocycles. The van der Waals surface area contributed by atoms with Crippen LogP contribution in [0.2, 0.25) is 0 Å². The Kier molecular flexibility index (Phi) is 5.32. The van der Waals surface area contributed by atoms with E-state index < -0.39 is 42.2 Å². The molecule has 1 saturated heterocycles. The molecule has 0 saturated carbocycles. The van der Waals surface area contributed by atoms with Crippen molar-refractivity contribution < 1.29 is 29.7 Å². The van der Waals surface area contributed by atoms with E-state index in [1.807, 2.05) is 0 Å². The Morgan fingerprint density at radius 1 is 1.35 bits per heavy atom. The minimum Gasteiger partial charge on any atom is -0.464 e. The van der Waals surface area contributed by atoms with Gasteiger partial charge in [-0.1, -0.05) is 5.11 Å². The van der Waals surface area contributed by atoms with E-state index in [0.717, 1.165) is 0 Å². The summed E-state index contributed by atoms with van der Waals surface area (Å²) >= 11 is 0. The maximum atomic E-state index is 10.6. The predicted molar refractivity (Wildman–Crippen MR) is 74.4 cm³/mol. The van der Waals surface area contributed by atoms with E-state index in [-0.39, 0.29) is 11.4 Å². The summed E-state index contributed by atoms with van der Waals surface area (Å²) in [6, 6.07) is 3.76. The Morgan fingerprint density at radius 3 is 2.52 bits per heavy atom. The van der Waals surface area contributed by atoms with Crippen molar-refractivity contribution in [2.75, 3.05) is 6.61 Å². The molecule has 1 aliphatic rings. The first kappa shape index (κ1) is 16.9. The molecule has 11 nitrogen and oxygen atoms in total. The molecule has 23 heavy (non-hydrogen) atoms. The summed E-state index contributed by atoms with van der Waals surface area (Å²) in [6.07, 6.45) is -5.35. The number of rotatable bonds is 5. The Morgan fingerprint density at radius 2 is 2.00 bits per heavy atom. The molecular formula is C12H14N4O7. The maximum Gasteiger partial charge on any atom is 0.269 e. The lowest BCUT2D eigenvalue weighted by Crippen LogP contribution is -2.59. The molecule has 0 aromatic heterocycles. The first-order valence-corrected chi connectivity index (χ1v) is 6.55. The SMILES string of the molecule is [N-]=[N+]=N[C@H]1[C@H](Oc2ccc([N+](=O)[O-])cc2)O[C@H](CO)[C@H](O)[C@@H]1O. The van der Waals surface area contributed by atoms with Crippen molar-refractivity contribution in [2.45, 2.75) is 30.6 Å². The largest absolute Gasteiger partial charge is 0.464 e. The molecule has 124 valence electrons. The quantitative estimate of drug-likeness (QED) is 0.226. The first-order valence-electron chi connectivity index (χ1n) is 6.55. The molecular weight excluding hydrogens is 312 g/mol. The van der Waals surface area contributed by atoms with Crippen molar-refractivity contribution in [3.8, 4) is 5.75 Å². The van der Waals surface area contributed by atoms with Crippen molar-refractivity contribution >= 4 is 5.69 Å². The van der Waals surface area contributed by atoms with Crippen LogP contribution in [0.15, 0.2) is 29.4 Å². The van der Waals surface area contributed by atoms with Gasteiger partial charge in [0, 0.05) is 17.0 Å². The Bertz CT molecular complexity index is 604. The third kappa shape index (κ3) is 3.67. The average Bonchev–Trinajstić information content (AvgIpc) is 2.54. The van der Waals surface area contributed by atoms with Crippen LogP contribution in [0.25, 0.3) is 10.4 Å². The molecule has 0 unspecified atom stereocenters. The van der Waals surface area contributed by atoms with Crippen molar-refractivity contribution in [3.63, 3.8) is 0 Å². The van der Waals surface area contributed by atoms with Crippen LogP contribution in [0.1, 0.15) is 0 Å². The van der Waals surface area contributed by atoms with Gasteiger partial charge in [-0.05, 0) is 17.7 Å². The molecule has 0 amide bonds. The molecule has 0 spiro atoms. The van der Waals surface area contributed by atoms with Gasteiger partial charge in [-0.2, -0.15) is 0 Å². The highest BCUT2D eigenvalue weighted by molar-refractivity contribution is 5.36. The Hall–Kier alpha value is -2.43. The standard InChI is InChI=1S/C12H14N4O7/c13-15-14-9-11(19)10(18)8(5-17)23-12(9)22-7-3-1-6(2-4-7)16(20)21/h1-4,8-12,17-19H,5H2/t8-,9-,10+,11-,12-/m1/s1. The number of benzene rings is 1. The lowest BCUT2D eigenvalue weighted by Gasteiger charge is -2.40. The van der Waals surface area contributed by atoms with E-state index in [1.54, 1.807) is 0 Å². The van der Waals surface area contributed by atoms with Crippen molar-refractivity contribution in [1.29, 1.82) is 0 Å². The number of nitro benzene ring substituents is 1. The molecule has 1 heterocycles. The van der Waals surface area contributed by atoms with E-state index in [1.165, 1.54) is 24.3 Å². The number of hydrogen-bond acceptors (Lipinski definition) is 8. The van der Waals surface area contributed by atoms with Crippen LogP contribution in [0, 0.1) is 10.1 Å². The highest BCUT2D eigenvalue weighted by Crippen LogP contribution is 2.27. The van der Waals surface area contributed by atoms with Gasteiger partial charge in [0.1, 0.15) is 24.0 Å². The van der Waals surface area contributed by atoms with Crippen LogP contribution in [0.5, 0.6) is 5.75 Å². The van der Waals surface area contributed by atoms with Gasteiger partial charge in [0.25, 0.3) is 5.69 Å². The number of hydrogen-bond donors (Lipinski definition) is 3. The highest BCUT2D eigenvalue weighted by atomic mass is 16.7. The second kappa shape index (κ2) is 7.22. The summed E-state index contributed by atoms with van der Waals surface area (Å²) in [5.74, 6) is 0.166. The molecule has 0 bridgehead atoms. The van der Waals surface area contributed by atoms with Gasteiger partial charge in [-0.15, -0.1) is 0 Å². The lowest BCUT2D eigenvalue weighted by molar-refractivity contribution is -0.384. The van der Waals surface area contributed by atoms with Gasteiger partial charge in [0.05, 0.1) is 17.6 Å². The zero-order chi connectivity index (χ0) is 17.0. The third-order valence-corrected chi connectivity index (χ3v) is 3.33. The van der Waals surface area contributed by atoms with Gasteiger partial charge in [0.15, 0.2) is 0 Å². The van der Waals surface area contributed by atoms with E-state index in [0.29, 0.717) is 0 Å². The molecule has 0 radical (unpaired) electrons. The number of non-ortho nitro benzene ring substituents is 1. The van der Waals surface area contributed by atoms with Crippen LogP contribution in [-0.2, 0) is 4.74 Å². The second-order valence-electron chi connectivity index (χ2n) is 4.77. The molecule has 2 rings (SSSR count). The van der Waals surface area contributed by atoms with Crippen LogP contribution in [0.3, 0.4) is 0 Å². The van der Waals surface area contributed by atoms with Crippen molar-refractivity contribution in [1.82, 2.24) is 0 Å². The Balaban J connectivity index is 2.20. The fourth-order valence-corrected chi connectivity index (χ4v) is 2.13. The highest BCUT2D eigenvalue weighted by Gasteiger charge is 2.45. The monoisotopic (exact) mass is 326 g/mol. The average molecular weight is 326 g/mol. The van der Waals surface area contributed by atoms with Crippen LogP contribution in [-0.4, -0.2) is 57.5 Å². The fraction of sp³-hybridized carbons (Fsp3) is 0.500. The fourth-order valence-electron chi connectivity index (χ4n) is 2.13. The van der Waals surface area contributed by atoms with Gasteiger partial charge < -0.3 is 24.8 Å². The zero-order valence-corrected chi connectivity index (χ0v) is 11.7. The van der Waals surface area contributed by atoms with Gasteiger partial charge >= 0.3 is 0 Å². The number of nitro groups is 1. The lowest BCUT2D eigenvalue weighted by atomic mass is 9.98. The van der Waals surface area contributed by atoms with Gasteiger partial charge in [-0.25, -0.2) is 0 Å². The van der Waals surface area contributed by atoms with E-state index in [9.17, 15) is 20.3 Å². The molecule has 0 aliphatic carbocycles. The van der Waals surface area contributed by atoms with Crippen molar-refractivity contribution in [3.05, 3.63) is 44.8 Å². The number of aliphatic hydroxyl groups excluding tert-OH is 3. The summed E-state index contributed by atoms with van der Waals surface area (Å²) in [6.45, 7) is -0.582. The first-order chi connectivity index (χ1) is 11.0. The van der Waals surface area contributed by atoms with E-state index >= 15 is 0 Å². The van der Waals surface area contributed by atoms with Crippen LogP contribution >= 0.6 is 0 Å².